The Morgan fingerprint density at radius 1 is 0.263 bits per heavy atom. The Morgan fingerprint density at radius 3 is 0.825 bits per heavy atom. The van der Waals surface area contributed by atoms with Crippen molar-refractivity contribution in [1.82, 2.24) is 0 Å². The molecule has 0 saturated carbocycles. The summed E-state index contributed by atoms with van der Waals surface area (Å²) in [5.74, 6) is -0.884. The van der Waals surface area contributed by atoms with E-state index in [1.165, 1.54) is 186 Å². The molecule has 0 bridgehead atoms. The van der Waals surface area contributed by atoms with Crippen molar-refractivity contribution in [1.29, 1.82) is 0 Å². The van der Waals surface area contributed by atoms with E-state index in [1.807, 2.05) is 0 Å². The van der Waals surface area contributed by atoms with Gasteiger partial charge < -0.3 is 14.2 Å². The highest BCUT2D eigenvalue weighted by Crippen LogP contribution is 2.17. The molecule has 6 nitrogen and oxygen atoms in total. The lowest BCUT2D eigenvalue weighted by Crippen LogP contribution is -2.30. The number of rotatable bonds is 62. The van der Waals surface area contributed by atoms with E-state index < -0.39 is 6.10 Å². The predicted molar refractivity (Wildman–Crippen MR) is 348 cm³/mol. The molecular formula is C74H128O6. The highest BCUT2D eigenvalue weighted by molar-refractivity contribution is 5.71. The first-order valence-electron chi connectivity index (χ1n) is 34.2. The molecule has 0 amide bonds. The molecular weight excluding hydrogens is 985 g/mol. The maximum atomic E-state index is 12.9. The second-order valence-corrected chi connectivity index (χ2v) is 22.7. The van der Waals surface area contributed by atoms with Crippen molar-refractivity contribution in [3.8, 4) is 0 Å². The molecule has 1 atom stereocenters. The summed E-state index contributed by atoms with van der Waals surface area (Å²) in [6.45, 7) is 6.48. The molecule has 0 aromatic carbocycles. The van der Waals surface area contributed by atoms with Crippen molar-refractivity contribution >= 4 is 17.9 Å². The van der Waals surface area contributed by atoms with Crippen LogP contribution in [0, 0.1) is 0 Å². The number of hydrogen-bond acceptors (Lipinski definition) is 6. The largest absolute Gasteiger partial charge is 0.462 e. The van der Waals surface area contributed by atoms with Crippen molar-refractivity contribution in [2.45, 2.75) is 341 Å². The van der Waals surface area contributed by atoms with Gasteiger partial charge in [-0.2, -0.15) is 0 Å². The standard InChI is InChI=1S/C74H128O6/c1-4-7-10-13-16-19-22-24-26-28-30-32-34-36-37-39-40-42-44-46-48-50-52-55-58-61-64-67-73(76)79-70-71(69-78-72(75)66-63-60-57-54-21-18-15-12-9-6-3)80-74(77)68-65-62-59-56-53-51-49-47-45-43-41-38-35-33-31-29-27-25-23-20-17-14-11-8-5-2/h7,10,12,15-16,19,23-26,29-32,35,38,71H,4-6,8-9,11,13-14,17-18,20-22,27-28,33-34,36-37,39-70H2,1-3H3/b10-7-,15-12-,19-16-,25-23-,26-24-,31-29-,32-30-,38-35-. The summed E-state index contributed by atoms with van der Waals surface area (Å²) in [5, 5.41) is 0. The number of hydrogen-bond donors (Lipinski definition) is 0. The van der Waals surface area contributed by atoms with E-state index in [0.717, 1.165) is 109 Å². The number of allylic oxidation sites excluding steroid dienone is 16. The molecule has 0 aromatic rings. The summed E-state index contributed by atoms with van der Waals surface area (Å²) in [5.41, 5.74) is 0. The highest BCUT2D eigenvalue weighted by atomic mass is 16.6. The van der Waals surface area contributed by atoms with Gasteiger partial charge in [0.15, 0.2) is 6.10 Å². The van der Waals surface area contributed by atoms with Crippen LogP contribution in [-0.2, 0) is 28.6 Å². The molecule has 1 unspecified atom stereocenters. The van der Waals surface area contributed by atoms with E-state index in [0.29, 0.717) is 19.3 Å². The number of carbonyl (C=O) groups is 3. The van der Waals surface area contributed by atoms with Crippen molar-refractivity contribution in [3.05, 3.63) is 97.2 Å². The fourth-order valence-corrected chi connectivity index (χ4v) is 9.68. The van der Waals surface area contributed by atoms with E-state index in [4.69, 9.17) is 14.2 Å². The monoisotopic (exact) mass is 1110 g/mol. The summed E-state index contributed by atoms with van der Waals surface area (Å²) >= 11 is 0. The molecule has 0 heterocycles. The topological polar surface area (TPSA) is 78.9 Å². The molecule has 6 heteroatoms. The van der Waals surface area contributed by atoms with Crippen molar-refractivity contribution in [2.24, 2.45) is 0 Å². The summed E-state index contributed by atoms with van der Waals surface area (Å²) in [4.78, 5) is 38.3. The molecule has 460 valence electrons. The molecule has 0 aliphatic rings. The van der Waals surface area contributed by atoms with Gasteiger partial charge in [0.05, 0.1) is 0 Å². The second-order valence-electron chi connectivity index (χ2n) is 22.7. The van der Waals surface area contributed by atoms with Crippen molar-refractivity contribution in [2.75, 3.05) is 13.2 Å². The van der Waals surface area contributed by atoms with Crippen LogP contribution >= 0.6 is 0 Å². The molecule has 80 heavy (non-hydrogen) atoms. The van der Waals surface area contributed by atoms with Crippen LogP contribution in [-0.4, -0.2) is 37.2 Å². The van der Waals surface area contributed by atoms with Gasteiger partial charge >= 0.3 is 17.9 Å². The molecule has 0 radical (unpaired) electrons. The lowest BCUT2D eigenvalue weighted by Gasteiger charge is -2.18. The second kappa shape index (κ2) is 67.8. The predicted octanol–water partition coefficient (Wildman–Crippen LogP) is 23.6. The maximum absolute atomic E-state index is 12.9. The van der Waals surface area contributed by atoms with Gasteiger partial charge in [-0.15, -0.1) is 0 Å². The van der Waals surface area contributed by atoms with E-state index in [-0.39, 0.29) is 31.1 Å². The molecule has 0 aliphatic carbocycles. The van der Waals surface area contributed by atoms with Crippen LogP contribution in [0.3, 0.4) is 0 Å². The quantitative estimate of drug-likeness (QED) is 0.0261. The Morgan fingerprint density at radius 2 is 0.512 bits per heavy atom. The molecule has 0 rings (SSSR count). The third-order valence-corrected chi connectivity index (χ3v) is 14.8. The van der Waals surface area contributed by atoms with Gasteiger partial charge in [0.25, 0.3) is 0 Å². The lowest BCUT2D eigenvalue weighted by molar-refractivity contribution is -0.167. The van der Waals surface area contributed by atoms with Gasteiger partial charge in [0.2, 0.25) is 0 Å². The first kappa shape index (κ1) is 76.3. The van der Waals surface area contributed by atoms with Crippen molar-refractivity contribution in [3.63, 3.8) is 0 Å². The summed E-state index contributed by atoms with van der Waals surface area (Å²) in [6, 6.07) is 0. The van der Waals surface area contributed by atoms with E-state index >= 15 is 0 Å². The molecule has 0 aromatic heterocycles. The third-order valence-electron chi connectivity index (χ3n) is 14.8. The maximum Gasteiger partial charge on any atom is 0.306 e. The Balaban J connectivity index is 4.21. The Kier molecular flexibility index (Phi) is 64.7. The molecule has 0 aliphatic heterocycles. The molecule has 0 fully saturated rings. The average molecular weight is 1110 g/mol. The average Bonchev–Trinajstić information content (AvgIpc) is 3.46. The number of esters is 3. The smallest absolute Gasteiger partial charge is 0.306 e. The number of carbonyl (C=O) groups excluding carboxylic acids is 3. The Bertz CT molecular complexity index is 1560. The minimum atomic E-state index is -0.784. The fraction of sp³-hybridized carbons (Fsp3) is 0.743. The zero-order valence-corrected chi connectivity index (χ0v) is 52.8. The van der Waals surface area contributed by atoms with Gasteiger partial charge in [-0.1, -0.05) is 298 Å². The summed E-state index contributed by atoms with van der Waals surface area (Å²) in [7, 11) is 0. The first-order chi connectivity index (χ1) is 39.5. The zero-order valence-electron chi connectivity index (χ0n) is 52.8. The van der Waals surface area contributed by atoms with Crippen LogP contribution < -0.4 is 0 Å². The fourth-order valence-electron chi connectivity index (χ4n) is 9.68. The summed E-state index contributed by atoms with van der Waals surface area (Å²) < 4.78 is 16.9. The minimum Gasteiger partial charge on any atom is -0.462 e. The van der Waals surface area contributed by atoms with Crippen LogP contribution in [0.4, 0.5) is 0 Å². The van der Waals surface area contributed by atoms with Gasteiger partial charge in [-0.3, -0.25) is 14.4 Å². The Hall–Kier alpha value is -3.67. The Labute approximate surface area is 496 Å². The molecule has 0 saturated heterocycles. The number of ether oxygens (including phenoxy) is 3. The van der Waals surface area contributed by atoms with Crippen LogP contribution in [0.15, 0.2) is 97.2 Å². The lowest BCUT2D eigenvalue weighted by atomic mass is 10.0. The third kappa shape index (κ3) is 65.1. The SMILES string of the molecule is CC/C=C\C/C=C\C/C=C\C/C=C\CCCCCCCCCCCCCCCCC(=O)OCC(COC(=O)CCCCCCC/C=C\CCC)OC(=O)CCCCCCCCCCCC/C=C\C/C=C\C/C=C\CCCCCCC. The first-order valence-corrected chi connectivity index (χ1v) is 34.2. The van der Waals surface area contributed by atoms with Gasteiger partial charge in [-0.25, -0.2) is 0 Å². The van der Waals surface area contributed by atoms with E-state index in [1.54, 1.807) is 0 Å². The van der Waals surface area contributed by atoms with Crippen LogP contribution in [0.2, 0.25) is 0 Å². The van der Waals surface area contributed by atoms with Crippen LogP contribution in [0.5, 0.6) is 0 Å². The van der Waals surface area contributed by atoms with Crippen LogP contribution in [0.1, 0.15) is 335 Å². The van der Waals surface area contributed by atoms with Crippen LogP contribution in [0.25, 0.3) is 0 Å². The van der Waals surface area contributed by atoms with Gasteiger partial charge in [0, 0.05) is 19.3 Å². The zero-order chi connectivity index (χ0) is 57.8. The normalized spacial score (nSPS) is 12.7. The summed E-state index contributed by atoms with van der Waals surface area (Å²) in [6.07, 6.45) is 91.5. The van der Waals surface area contributed by atoms with Gasteiger partial charge in [-0.05, 0) is 116 Å². The van der Waals surface area contributed by atoms with Gasteiger partial charge in [0.1, 0.15) is 13.2 Å². The van der Waals surface area contributed by atoms with Crippen molar-refractivity contribution < 1.29 is 28.6 Å². The highest BCUT2D eigenvalue weighted by Gasteiger charge is 2.19. The van der Waals surface area contributed by atoms with E-state index in [2.05, 4.69) is 118 Å². The molecule has 0 spiro atoms. The molecule has 0 N–H and O–H groups in total. The van der Waals surface area contributed by atoms with E-state index in [9.17, 15) is 14.4 Å². The minimum absolute atomic E-state index is 0.0802. The number of unbranched alkanes of at least 4 members (excludes halogenated alkanes) is 35.